The molecule has 8 nitrogen and oxygen atoms in total. The van der Waals surface area contributed by atoms with Gasteiger partial charge in [0.15, 0.2) is 5.65 Å². The molecule has 2 saturated heterocycles. The molecule has 1 atom stereocenters. The third-order valence-electron chi connectivity index (χ3n) is 6.43. The second-order valence-corrected chi connectivity index (χ2v) is 8.67. The van der Waals surface area contributed by atoms with E-state index in [2.05, 4.69) is 25.1 Å². The molecule has 0 aliphatic carbocycles. The van der Waals surface area contributed by atoms with Crippen LogP contribution in [-0.2, 0) is 0 Å². The Balaban J connectivity index is 1.38. The molecule has 4 heterocycles. The first-order valence-electron chi connectivity index (χ1n) is 11.4. The molecule has 5 rings (SSSR count). The molecule has 2 aromatic heterocycles. The van der Waals surface area contributed by atoms with Gasteiger partial charge in [0.05, 0.1) is 29.8 Å². The molecule has 0 saturated carbocycles. The Hall–Kier alpha value is -3.13. The number of aryl methyl sites for hydroxylation is 2. The number of benzene rings is 1. The molecule has 1 amide bonds. The van der Waals surface area contributed by atoms with E-state index in [4.69, 9.17) is 4.74 Å². The number of hydrogen-bond donors (Lipinski definition) is 1. The Labute approximate surface area is 188 Å². The van der Waals surface area contributed by atoms with Crippen LogP contribution in [-0.4, -0.2) is 64.0 Å². The van der Waals surface area contributed by atoms with Gasteiger partial charge in [-0.1, -0.05) is 0 Å². The number of carbonyl (C=O) groups excluding carboxylic acids is 1. The second-order valence-electron chi connectivity index (χ2n) is 8.67. The summed E-state index contributed by atoms with van der Waals surface area (Å²) >= 11 is 0. The van der Waals surface area contributed by atoms with Gasteiger partial charge in [-0.2, -0.15) is 0 Å². The van der Waals surface area contributed by atoms with Crippen LogP contribution in [0, 0.1) is 13.8 Å². The fraction of sp³-hybridized carbons (Fsp3) is 0.458. The molecular formula is C24H30N6O2. The fourth-order valence-electron chi connectivity index (χ4n) is 4.91. The zero-order valence-corrected chi connectivity index (χ0v) is 19.0. The van der Waals surface area contributed by atoms with E-state index in [0.29, 0.717) is 29.8 Å². The normalized spacial score (nSPS) is 18.7. The molecule has 8 heteroatoms. The van der Waals surface area contributed by atoms with Gasteiger partial charge in [-0.3, -0.25) is 9.69 Å². The highest BCUT2D eigenvalue weighted by atomic mass is 16.5. The van der Waals surface area contributed by atoms with Crippen LogP contribution in [0.2, 0.25) is 0 Å². The van der Waals surface area contributed by atoms with E-state index in [-0.39, 0.29) is 5.91 Å². The lowest BCUT2D eigenvalue weighted by molar-refractivity contribution is 0.102. The van der Waals surface area contributed by atoms with Gasteiger partial charge in [-0.25, -0.2) is 9.97 Å². The molecular weight excluding hydrogens is 404 g/mol. The number of imidazole rings is 1. The van der Waals surface area contributed by atoms with Gasteiger partial charge >= 0.3 is 0 Å². The maximum Gasteiger partial charge on any atom is 0.260 e. The van der Waals surface area contributed by atoms with Crippen LogP contribution in [0.25, 0.3) is 5.65 Å². The van der Waals surface area contributed by atoms with Crippen molar-refractivity contribution in [2.24, 2.45) is 0 Å². The lowest BCUT2D eigenvalue weighted by Crippen LogP contribution is -2.50. The van der Waals surface area contributed by atoms with Crippen molar-refractivity contribution in [2.45, 2.75) is 39.7 Å². The number of aromatic nitrogens is 3. The van der Waals surface area contributed by atoms with Crippen LogP contribution < -0.4 is 15.0 Å². The number of hydrogen-bond acceptors (Lipinski definition) is 6. The third-order valence-corrected chi connectivity index (χ3v) is 6.43. The van der Waals surface area contributed by atoms with E-state index in [1.165, 1.54) is 19.4 Å². The maximum atomic E-state index is 13.1. The van der Waals surface area contributed by atoms with Crippen molar-refractivity contribution in [1.29, 1.82) is 0 Å². The summed E-state index contributed by atoms with van der Waals surface area (Å²) in [4.78, 5) is 27.1. The molecule has 2 fully saturated rings. The summed E-state index contributed by atoms with van der Waals surface area (Å²) in [5.41, 5.74) is 4.09. The summed E-state index contributed by atoms with van der Waals surface area (Å²) in [6, 6.07) is 6.54. The van der Waals surface area contributed by atoms with Gasteiger partial charge in [0.1, 0.15) is 11.6 Å². The molecule has 168 valence electrons. The van der Waals surface area contributed by atoms with E-state index in [9.17, 15) is 4.79 Å². The Morgan fingerprint density at radius 3 is 2.91 bits per heavy atom. The Kier molecular flexibility index (Phi) is 5.46. The molecule has 2 aliphatic heterocycles. The van der Waals surface area contributed by atoms with E-state index in [1.807, 2.05) is 49.6 Å². The SMILES string of the molecule is CCOc1cc(N2CCN3CCCC3C2)ccc1C(=O)Nc1cn2cc(C)nc2c(C)n1. The quantitative estimate of drug-likeness (QED) is 0.664. The molecule has 2 aliphatic rings. The third kappa shape index (κ3) is 3.90. The topological polar surface area (TPSA) is 75.0 Å². The Morgan fingerprint density at radius 1 is 1.19 bits per heavy atom. The van der Waals surface area contributed by atoms with Gasteiger partial charge in [-0.05, 0) is 52.3 Å². The maximum absolute atomic E-state index is 13.1. The fourth-order valence-corrected chi connectivity index (χ4v) is 4.91. The van der Waals surface area contributed by atoms with Crippen LogP contribution >= 0.6 is 0 Å². The summed E-state index contributed by atoms with van der Waals surface area (Å²) < 4.78 is 7.77. The molecule has 1 aromatic carbocycles. The van der Waals surface area contributed by atoms with E-state index in [1.54, 1.807) is 6.20 Å². The largest absolute Gasteiger partial charge is 0.493 e. The lowest BCUT2D eigenvalue weighted by Gasteiger charge is -2.39. The number of piperazine rings is 1. The highest BCUT2D eigenvalue weighted by Gasteiger charge is 2.31. The van der Waals surface area contributed by atoms with Crippen LogP contribution in [0.3, 0.4) is 0 Å². The predicted octanol–water partition coefficient (Wildman–Crippen LogP) is 3.28. The van der Waals surface area contributed by atoms with E-state index < -0.39 is 0 Å². The number of ether oxygens (including phenoxy) is 1. The van der Waals surface area contributed by atoms with E-state index in [0.717, 1.165) is 42.4 Å². The lowest BCUT2D eigenvalue weighted by atomic mass is 10.1. The van der Waals surface area contributed by atoms with Crippen molar-refractivity contribution in [1.82, 2.24) is 19.3 Å². The highest BCUT2D eigenvalue weighted by Crippen LogP contribution is 2.30. The standard InChI is InChI=1S/C24H30N6O2/c1-4-32-21-12-18(29-11-10-28-9-5-6-19(28)14-29)7-8-20(21)24(31)27-22-15-30-13-16(2)25-23(30)17(3)26-22/h7-8,12-13,15,19H,4-6,9-11,14H2,1-3H3,(H,27,31). The number of amides is 1. The minimum absolute atomic E-state index is 0.233. The van der Waals surface area contributed by atoms with Gasteiger partial charge in [0.2, 0.25) is 0 Å². The first kappa shape index (κ1) is 20.8. The summed E-state index contributed by atoms with van der Waals surface area (Å²) in [5, 5.41) is 2.93. The van der Waals surface area contributed by atoms with Crippen molar-refractivity contribution in [3.8, 4) is 5.75 Å². The molecule has 0 radical (unpaired) electrons. The number of fused-ring (bicyclic) bond motifs is 2. The zero-order valence-electron chi connectivity index (χ0n) is 19.0. The number of rotatable bonds is 5. The van der Waals surface area contributed by atoms with Crippen molar-refractivity contribution in [3.63, 3.8) is 0 Å². The van der Waals surface area contributed by atoms with E-state index >= 15 is 0 Å². The van der Waals surface area contributed by atoms with Crippen molar-refractivity contribution < 1.29 is 9.53 Å². The number of nitrogens with one attached hydrogen (secondary N) is 1. The van der Waals surface area contributed by atoms with Crippen molar-refractivity contribution in [2.75, 3.05) is 43.0 Å². The smallest absolute Gasteiger partial charge is 0.260 e. The number of nitrogens with zero attached hydrogens (tertiary/aromatic N) is 5. The van der Waals surface area contributed by atoms with Crippen molar-refractivity contribution >= 4 is 23.1 Å². The zero-order chi connectivity index (χ0) is 22.2. The highest BCUT2D eigenvalue weighted by molar-refractivity contribution is 6.06. The monoisotopic (exact) mass is 434 g/mol. The van der Waals surface area contributed by atoms with Crippen molar-refractivity contribution in [3.05, 3.63) is 47.5 Å². The average molecular weight is 435 g/mol. The molecule has 0 spiro atoms. The van der Waals surface area contributed by atoms with Crippen LogP contribution in [0.5, 0.6) is 5.75 Å². The van der Waals surface area contributed by atoms with Gasteiger partial charge < -0.3 is 19.4 Å². The summed E-state index contributed by atoms with van der Waals surface area (Å²) in [6.45, 7) is 10.6. The molecule has 0 bridgehead atoms. The van der Waals surface area contributed by atoms with Crippen LogP contribution in [0.4, 0.5) is 11.5 Å². The van der Waals surface area contributed by atoms with Crippen LogP contribution in [0.1, 0.15) is 41.5 Å². The summed E-state index contributed by atoms with van der Waals surface area (Å²) in [5.74, 6) is 0.859. The first-order valence-corrected chi connectivity index (χ1v) is 11.4. The molecule has 32 heavy (non-hydrogen) atoms. The Morgan fingerprint density at radius 2 is 2.06 bits per heavy atom. The second kappa shape index (κ2) is 8.43. The Bertz CT molecular complexity index is 1160. The van der Waals surface area contributed by atoms with Crippen LogP contribution in [0.15, 0.2) is 30.6 Å². The van der Waals surface area contributed by atoms with Gasteiger partial charge in [0, 0.05) is 43.6 Å². The molecule has 1 N–H and O–H groups in total. The molecule has 3 aromatic rings. The molecule has 1 unspecified atom stereocenters. The summed E-state index contributed by atoms with van der Waals surface area (Å²) in [6.07, 6.45) is 6.27. The predicted molar refractivity (Wildman–Crippen MR) is 125 cm³/mol. The number of carbonyl (C=O) groups is 1. The first-order chi connectivity index (χ1) is 15.5. The minimum Gasteiger partial charge on any atom is -0.493 e. The minimum atomic E-state index is -0.233. The van der Waals surface area contributed by atoms with Gasteiger partial charge in [0.25, 0.3) is 5.91 Å². The number of anilines is 2. The van der Waals surface area contributed by atoms with Gasteiger partial charge in [-0.15, -0.1) is 0 Å². The average Bonchev–Trinajstić information content (AvgIpc) is 3.39. The summed E-state index contributed by atoms with van der Waals surface area (Å²) in [7, 11) is 0.